The molecule has 5 nitrogen and oxygen atoms in total. The van der Waals surface area contributed by atoms with Crippen molar-refractivity contribution in [3.8, 4) is 17.0 Å². The molecule has 0 aliphatic carbocycles. The number of pyridine rings is 1. The molecule has 0 radical (unpaired) electrons. The molecule has 0 spiro atoms. The first-order valence-electron chi connectivity index (χ1n) is 8.79. The second kappa shape index (κ2) is 8.22. The summed E-state index contributed by atoms with van der Waals surface area (Å²) >= 11 is 0. The number of benzene rings is 2. The molecule has 0 bridgehead atoms. The third kappa shape index (κ3) is 4.28. The maximum absolute atomic E-state index is 12.5. The topological polar surface area (TPSA) is 57.6 Å². The molecule has 0 saturated carbocycles. The minimum absolute atomic E-state index is 0.0985. The molecule has 2 aromatic carbocycles. The van der Waals surface area contributed by atoms with Crippen molar-refractivity contribution in [1.29, 1.82) is 0 Å². The van der Waals surface area contributed by atoms with Crippen molar-refractivity contribution in [3.05, 3.63) is 48.5 Å². The summed E-state index contributed by atoms with van der Waals surface area (Å²) in [5.41, 5.74) is 4.50. The summed E-state index contributed by atoms with van der Waals surface area (Å²) in [5, 5.41) is 13.6. The van der Waals surface area contributed by atoms with E-state index in [2.05, 4.69) is 5.32 Å². The van der Waals surface area contributed by atoms with Crippen molar-refractivity contribution in [1.82, 2.24) is 4.98 Å². The lowest BCUT2D eigenvalue weighted by atomic mass is 10.1. The van der Waals surface area contributed by atoms with Crippen LogP contribution in [0.15, 0.2) is 48.5 Å². The number of aromatic nitrogens is 1. The molecule has 27 heavy (non-hydrogen) atoms. The zero-order chi connectivity index (χ0) is 19.4. The highest BCUT2D eigenvalue weighted by Crippen LogP contribution is 2.33. The number of hydrogen-bond donors (Lipinski definition) is 2. The van der Waals surface area contributed by atoms with Gasteiger partial charge in [0.2, 0.25) is 0 Å². The van der Waals surface area contributed by atoms with Gasteiger partial charge in [0.15, 0.2) is 0 Å². The number of nitrogens with one attached hydrogen (secondary N) is 1. The Morgan fingerprint density at radius 2 is 1.96 bits per heavy atom. The first-order chi connectivity index (χ1) is 13.0. The summed E-state index contributed by atoms with van der Waals surface area (Å²) in [6.45, 7) is -0.934. The van der Waals surface area contributed by atoms with Gasteiger partial charge in [-0.1, -0.05) is 12.1 Å². The highest BCUT2D eigenvalue weighted by atomic mass is 19.1. The van der Waals surface area contributed by atoms with Crippen LogP contribution in [0.5, 0.6) is 5.75 Å². The van der Waals surface area contributed by atoms with E-state index in [-0.39, 0.29) is 6.61 Å². The standard InChI is InChI=1S/C21H24FN3O2/c1-23-16-6-8-19-14(10-16)4-7-18(24-19)15-5-9-20(25(2)3)21(11-15)27-13-17(26)12-22/h4-11,17,23,26H,12-13H2,1-3H3. The number of halogens is 1. The van der Waals surface area contributed by atoms with Crippen molar-refractivity contribution in [2.75, 3.05) is 44.6 Å². The van der Waals surface area contributed by atoms with Gasteiger partial charge in [0.1, 0.15) is 25.1 Å². The van der Waals surface area contributed by atoms with E-state index in [0.717, 1.165) is 33.5 Å². The number of nitrogens with zero attached hydrogens (tertiary/aromatic N) is 2. The van der Waals surface area contributed by atoms with E-state index in [1.54, 1.807) is 0 Å². The van der Waals surface area contributed by atoms with Gasteiger partial charge in [-0.05, 0) is 36.4 Å². The Hall–Kier alpha value is -2.86. The van der Waals surface area contributed by atoms with Gasteiger partial charge in [-0.3, -0.25) is 0 Å². The molecule has 0 saturated heterocycles. The first-order valence-corrected chi connectivity index (χ1v) is 8.79. The number of aliphatic hydroxyl groups excluding tert-OH is 1. The molecular weight excluding hydrogens is 345 g/mol. The van der Waals surface area contributed by atoms with Gasteiger partial charge in [0, 0.05) is 37.8 Å². The summed E-state index contributed by atoms with van der Waals surface area (Å²) in [4.78, 5) is 6.65. The monoisotopic (exact) mass is 369 g/mol. The molecule has 3 aromatic rings. The smallest absolute Gasteiger partial charge is 0.143 e. The number of anilines is 2. The van der Waals surface area contributed by atoms with Crippen LogP contribution < -0.4 is 15.0 Å². The molecule has 142 valence electrons. The number of hydrogen-bond acceptors (Lipinski definition) is 5. The maximum Gasteiger partial charge on any atom is 0.143 e. The summed E-state index contributed by atoms with van der Waals surface area (Å²) in [6.07, 6.45) is -1.14. The molecule has 0 fully saturated rings. The van der Waals surface area contributed by atoms with Gasteiger partial charge in [-0.25, -0.2) is 9.37 Å². The predicted octanol–water partition coefficient (Wildman–Crippen LogP) is 3.72. The molecule has 1 atom stereocenters. The summed E-state index contributed by atoms with van der Waals surface area (Å²) in [7, 11) is 5.69. The van der Waals surface area contributed by atoms with Gasteiger partial charge >= 0.3 is 0 Å². The molecular formula is C21H24FN3O2. The zero-order valence-corrected chi connectivity index (χ0v) is 15.7. The Bertz CT molecular complexity index is 930. The van der Waals surface area contributed by atoms with E-state index in [0.29, 0.717) is 5.75 Å². The Kier molecular flexibility index (Phi) is 5.76. The number of alkyl halides is 1. The van der Waals surface area contributed by atoms with Crippen molar-refractivity contribution >= 4 is 22.3 Å². The SMILES string of the molecule is CNc1ccc2nc(-c3ccc(N(C)C)c(OCC(O)CF)c3)ccc2c1. The summed E-state index contributed by atoms with van der Waals surface area (Å²) in [6, 6.07) is 15.8. The average Bonchev–Trinajstić information content (AvgIpc) is 2.70. The molecule has 2 N–H and O–H groups in total. The number of ether oxygens (including phenoxy) is 1. The van der Waals surface area contributed by atoms with E-state index in [4.69, 9.17) is 9.72 Å². The zero-order valence-electron chi connectivity index (χ0n) is 15.7. The molecule has 1 aromatic heterocycles. The molecule has 0 aliphatic heterocycles. The number of rotatable bonds is 7. The normalized spacial score (nSPS) is 12.0. The van der Waals surface area contributed by atoms with Gasteiger partial charge in [-0.2, -0.15) is 0 Å². The average molecular weight is 369 g/mol. The third-order valence-electron chi connectivity index (χ3n) is 4.32. The third-order valence-corrected chi connectivity index (χ3v) is 4.32. The lowest BCUT2D eigenvalue weighted by Crippen LogP contribution is -2.20. The van der Waals surface area contributed by atoms with E-state index in [9.17, 15) is 9.50 Å². The van der Waals surface area contributed by atoms with Gasteiger partial charge in [0.25, 0.3) is 0 Å². The van der Waals surface area contributed by atoms with Crippen LogP contribution in [0.3, 0.4) is 0 Å². The minimum Gasteiger partial charge on any atom is -0.489 e. The molecule has 0 aliphatic rings. The van der Waals surface area contributed by atoms with Crippen LogP contribution in [0.2, 0.25) is 0 Å². The lowest BCUT2D eigenvalue weighted by Gasteiger charge is -2.19. The molecule has 1 heterocycles. The fourth-order valence-electron chi connectivity index (χ4n) is 2.83. The Morgan fingerprint density at radius 1 is 1.15 bits per heavy atom. The van der Waals surface area contributed by atoms with Crippen LogP contribution in [0.4, 0.5) is 15.8 Å². The van der Waals surface area contributed by atoms with E-state index in [1.807, 2.05) is 74.6 Å². The predicted molar refractivity (Wildman–Crippen MR) is 109 cm³/mol. The quantitative estimate of drug-likeness (QED) is 0.665. The number of fused-ring (bicyclic) bond motifs is 1. The van der Waals surface area contributed by atoms with E-state index >= 15 is 0 Å². The maximum atomic E-state index is 12.5. The fraction of sp³-hybridized carbons (Fsp3) is 0.286. The van der Waals surface area contributed by atoms with Crippen molar-refractivity contribution < 1.29 is 14.2 Å². The lowest BCUT2D eigenvalue weighted by molar-refractivity contribution is 0.0844. The highest BCUT2D eigenvalue weighted by Gasteiger charge is 2.12. The van der Waals surface area contributed by atoms with Gasteiger partial charge in [0.05, 0.1) is 16.9 Å². The second-order valence-corrected chi connectivity index (χ2v) is 6.55. The van der Waals surface area contributed by atoms with Crippen molar-refractivity contribution in [3.63, 3.8) is 0 Å². The van der Waals surface area contributed by atoms with E-state index < -0.39 is 12.8 Å². The number of aliphatic hydroxyl groups is 1. The highest BCUT2D eigenvalue weighted by molar-refractivity contribution is 5.85. The molecule has 6 heteroatoms. The summed E-state index contributed by atoms with van der Waals surface area (Å²) in [5.74, 6) is 0.581. The first kappa shape index (κ1) is 18.9. The largest absolute Gasteiger partial charge is 0.489 e. The van der Waals surface area contributed by atoms with Gasteiger partial charge in [-0.15, -0.1) is 0 Å². The van der Waals surface area contributed by atoms with Crippen molar-refractivity contribution in [2.24, 2.45) is 0 Å². The summed E-state index contributed by atoms with van der Waals surface area (Å²) < 4.78 is 18.2. The Balaban J connectivity index is 1.96. The van der Waals surface area contributed by atoms with Crippen LogP contribution in [-0.2, 0) is 0 Å². The second-order valence-electron chi connectivity index (χ2n) is 6.55. The molecule has 1 unspecified atom stereocenters. The van der Waals surface area contributed by atoms with Crippen LogP contribution in [0.1, 0.15) is 0 Å². The van der Waals surface area contributed by atoms with Crippen LogP contribution in [-0.4, -0.2) is 50.6 Å². The molecule has 0 amide bonds. The van der Waals surface area contributed by atoms with Crippen LogP contribution in [0, 0.1) is 0 Å². The Morgan fingerprint density at radius 3 is 2.67 bits per heavy atom. The molecule has 3 rings (SSSR count). The van der Waals surface area contributed by atoms with Crippen molar-refractivity contribution in [2.45, 2.75) is 6.10 Å². The van der Waals surface area contributed by atoms with Gasteiger partial charge < -0.3 is 20.1 Å². The van der Waals surface area contributed by atoms with E-state index in [1.165, 1.54) is 0 Å². The van der Waals surface area contributed by atoms with Crippen LogP contribution >= 0.6 is 0 Å². The minimum atomic E-state index is -1.14. The fourth-order valence-corrected chi connectivity index (χ4v) is 2.83. The Labute approximate surface area is 158 Å². The van der Waals surface area contributed by atoms with Crippen LogP contribution in [0.25, 0.3) is 22.2 Å².